The third kappa shape index (κ3) is 1.65. The number of hydrogen-bond acceptors (Lipinski definition) is 3. The number of halogens is 1. The van der Waals surface area contributed by atoms with Crippen molar-refractivity contribution < 1.29 is 8.76 Å². The molecule has 1 aromatic heterocycles. The molecule has 66 valence electrons. The van der Waals surface area contributed by atoms with E-state index in [4.69, 9.17) is 11.6 Å². The quantitative estimate of drug-likeness (QED) is 0.653. The Morgan fingerprint density at radius 1 is 1.58 bits per heavy atom. The minimum atomic E-state index is -2.30. The molecule has 0 radical (unpaired) electrons. The van der Waals surface area contributed by atoms with Gasteiger partial charge in [0.2, 0.25) is 0 Å². The molecule has 0 aliphatic rings. The minimum absolute atomic E-state index is 0.0191. The molecule has 0 spiro atoms. The van der Waals surface area contributed by atoms with Crippen LogP contribution in [0.25, 0.3) is 0 Å². The Morgan fingerprint density at radius 2 is 2.17 bits per heavy atom. The van der Waals surface area contributed by atoms with Crippen LogP contribution in [0.15, 0.2) is 11.2 Å². The Kier molecular flexibility index (Phi) is 2.82. The van der Waals surface area contributed by atoms with Gasteiger partial charge in [-0.05, 0) is 30.5 Å². The molecule has 1 aromatic rings. The highest BCUT2D eigenvalue weighted by Crippen LogP contribution is 2.22. The summed E-state index contributed by atoms with van der Waals surface area (Å²) in [6, 6.07) is 0. The molecule has 1 rings (SSSR count). The first-order valence-electron chi connectivity index (χ1n) is 3.25. The van der Waals surface area contributed by atoms with Crippen LogP contribution < -0.4 is 0 Å². The number of aryl methyl sites for hydroxylation is 1. The largest absolute Gasteiger partial charge is 0.767 e. The van der Waals surface area contributed by atoms with Crippen molar-refractivity contribution in [2.24, 2.45) is 0 Å². The van der Waals surface area contributed by atoms with Crippen molar-refractivity contribution in [1.29, 1.82) is 0 Å². The first kappa shape index (κ1) is 9.64. The molecule has 5 heteroatoms. The van der Waals surface area contributed by atoms with E-state index in [-0.39, 0.29) is 5.03 Å². The molecule has 0 fully saturated rings. The summed E-state index contributed by atoms with van der Waals surface area (Å²) >= 11 is 3.51. The molecule has 0 aliphatic carbocycles. The molecule has 12 heavy (non-hydrogen) atoms. The van der Waals surface area contributed by atoms with Gasteiger partial charge in [-0.25, -0.2) is 4.98 Å². The summed E-state index contributed by atoms with van der Waals surface area (Å²) in [7, 11) is 0. The van der Waals surface area contributed by atoms with Gasteiger partial charge in [0.15, 0.2) is 0 Å². The van der Waals surface area contributed by atoms with Crippen LogP contribution in [0.4, 0.5) is 0 Å². The zero-order valence-electron chi connectivity index (χ0n) is 6.63. The predicted molar refractivity (Wildman–Crippen MR) is 45.9 cm³/mol. The van der Waals surface area contributed by atoms with E-state index in [9.17, 15) is 8.76 Å². The van der Waals surface area contributed by atoms with E-state index in [0.29, 0.717) is 10.6 Å². The maximum absolute atomic E-state index is 10.6. The van der Waals surface area contributed by atoms with Gasteiger partial charge >= 0.3 is 0 Å². The smallest absolute Gasteiger partial charge is 0.117 e. The first-order chi connectivity index (χ1) is 5.54. The Labute approximate surface area is 78.1 Å². The summed E-state index contributed by atoms with van der Waals surface area (Å²) in [5.74, 6) is 0. The second-order valence-corrected chi connectivity index (χ2v) is 3.65. The van der Waals surface area contributed by atoms with Crippen LogP contribution in [0.5, 0.6) is 0 Å². The molecule has 3 nitrogen and oxygen atoms in total. The van der Waals surface area contributed by atoms with Crippen molar-refractivity contribution in [3.8, 4) is 0 Å². The molecule has 0 saturated heterocycles. The fourth-order valence-corrected chi connectivity index (χ4v) is 1.55. The highest BCUT2D eigenvalue weighted by atomic mass is 35.5. The van der Waals surface area contributed by atoms with Crippen molar-refractivity contribution in [2.75, 3.05) is 0 Å². The molecule has 1 unspecified atom stereocenters. The number of rotatable bonds is 1. The molecule has 0 aromatic carbocycles. The van der Waals surface area contributed by atoms with E-state index in [0.717, 1.165) is 5.56 Å². The van der Waals surface area contributed by atoms with Gasteiger partial charge in [-0.1, -0.05) is 11.6 Å². The minimum Gasteiger partial charge on any atom is -0.767 e. The van der Waals surface area contributed by atoms with Crippen molar-refractivity contribution in [2.45, 2.75) is 18.9 Å². The summed E-state index contributed by atoms with van der Waals surface area (Å²) in [6.45, 7) is 3.41. The number of pyridine rings is 1. The highest BCUT2D eigenvalue weighted by Gasteiger charge is 2.06. The average Bonchev–Trinajstić information content (AvgIpc) is 2.00. The number of aromatic nitrogens is 1. The molecule has 1 heterocycles. The first-order valence-corrected chi connectivity index (χ1v) is 4.70. The molecule has 0 aliphatic heterocycles. The second-order valence-electron chi connectivity index (χ2n) is 2.42. The van der Waals surface area contributed by atoms with Crippen LogP contribution >= 0.6 is 11.6 Å². The summed E-state index contributed by atoms with van der Waals surface area (Å²) in [4.78, 5) is 3.74. The lowest BCUT2D eigenvalue weighted by molar-refractivity contribution is 0.532. The number of nitrogens with zero attached hydrogens (tertiary/aromatic N) is 1. The van der Waals surface area contributed by atoms with Gasteiger partial charge in [-0.2, -0.15) is 0 Å². The van der Waals surface area contributed by atoms with Crippen molar-refractivity contribution in [3.63, 3.8) is 0 Å². The van der Waals surface area contributed by atoms with Gasteiger partial charge in [0.1, 0.15) is 5.03 Å². The van der Waals surface area contributed by atoms with Crippen molar-refractivity contribution >= 4 is 22.7 Å². The monoisotopic (exact) mass is 204 g/mol. The normalized spacial score (nSPS) is 13.0. The van der Waals surface area contributed by atoms with E-state index in [2.05, 4.69) is 4.98 Å². The highest BCUT2D eigenvalue weighted by molar-refractivity contribution is 7.79. The lowest BCUT2D eigenvalue weighted by atomic mass is 10.2. The standard InChI is InChI=1S/C7H8ClNO2S/c1-4-3-9-7(12(10)11)5(2)6(4)8/h3H,1-2H3,(H,10,11)/p-1. The third-order valence-electron chi connectivity index (χ3n) is 1.53. The van der Waals surface area contributed by atoms with E-state index in [1.807, 2.05) is 0 Å². The molecular formula is C7H7ClNO2S-. The lowest BCUT2D eigenvalue weighted by Gasteiger charge is -2.09. The molecule has 0 N–H and O–H groups in total. The Bertz CT molecular complexity index is 340. The summed E-state index contributed by atoms with van der Waals surface area (Å²) < 4.78 is 21.1. The third-order valence-corrected chi connectivity index (χ3v) is 2.84. The van der Waals surface area contributed by atoms with Gasteiger partial charge in [0, 0.05) is 11.8 Å². The predicted octanol–water partition coefficient (Wildman–Crippen LogP) is 1.59. The fraction of sp³-hybridized carbons (Fsp3) is 0.286. The molecule has 1 atom stereocenters. The van der Waals surface area contributed by atoms with Gasteiger partial charge < -0.3 is 4.55 Å². The molecule has 0 bridgehead atoms. The van der Waals surface area contributed by atoms with Crippen molar-refractivity contribution in [1.82, 2.24) is 4.98 Å². The Balaban J connectivity index is 3.36. The SMILES string of the molecule is Cc1cnc(S(=O)[O-])c(C)c1Cl. The fourth-order valence-electron chi connectivity index (χ4n) is 0.867. The lowest BCUT2D eigenvalue weighted by Crippen LogP contribution is -1.98. The maximum atomic E-state index is 10.6. The van der Waals surface area contributed by atoms with Crippen LogP contribution in [0, 0.1) is 13.8 Å². The summed E-state index contributed by atoms with van der Waals surface area (Å²) in [5.41, 5.74) is 1.29. The molecule has 0 amide bonds. The van der Waals surface area contributed by atoms with Crippen LogP contribution in [0.1, 0.15) is 11.1 Å². The van der Waals surface area contributed by atoms with Gasteiger partial charge in [-0.3, -0.25) is 4.21 Å². The van der Waals surface area contributed by atoms with Crippen LogP contribution in [0.2, 0.25) is 5.02 Å². The van der Waals surface area contributed by atoms with Gasteiger partial charge in [0.05, 0.1) is 5.02 Å². The Morgan fingerprint density at radius 3 is 2.67 bits per heavy atom. The van der Waals surface area contributed by atoms with E-state index >= 15 is 0 Å². The van der Waals surface area contributed by atoms with Crippen molar-refractivity contribution in [3.05, 3.63) is 22.3 Å². The van der Waals surface area contributed by atoms with Crippen LogP contribution in [-0.2, 0) is 11.1 Å². The average molecular weight is 205 g/mol. The van der Waals surface area contributed by atoms with Gasteiger partial charge in [0.25, 0.3) is 0 Å². The maximum Gasteiger partial charge on any atom is 0.117 e. The zero-order valence-corrected chi connectivity index (χ0v) is 8.20. The summed E-state index contributed by atoms with van der Waals surface area (Å²) in [5, 5.41) is 0.481. The molecular weight excluding hydrogens is 198 g/mol. The van der Waals surface area contributed by atoms with E-state index in [1.54, 1.807) is 13.8 Å². The number of hydrogen-bond donors (Lipinski definition) is 0. The van der Waals surface area contributed by atoms with Crippen LogP contribution in [0.3, 0.4) is 0 Å². The topological polar surface area (TPSA) is 53.0 Å². The van der Waals surface area contributed by atoms with E-state index in [1.165, 1.54) is 6.20 Å². The zero-order chi connectivity index (χ0) is 9.30. The Hall–Kier alpha value is -0.450. The van der Waals surface area contributed by atoms with Crippen LogP contribution in [-0.4, -0.2) is 13.7 Å². The summed E-state index contributed by atoms with van der Waals surface area (Å²) in [6.07, 6.45) is 1.44. The second kappa shape index (κ2) is 3.51. The van der Waals surface area contributed by atoms with E-state index < -0.39 is 11.1 Å². The van der Waals surface area contributed by atoms with Gasteiger partial charge in [-0.15, -0.1) is 0 Å². The molecule has 0 saturated carbocycles.